The number of aryl methyl sites for hydroxylation is 1. The number of piperazine rings is 1. The fourth-order valence-electron chi connectivity index (χ4n) is 4.00. The van der Waals surface area contributed by atoms with Crippen molar-refractivity contribution in [1.29, 1.82) is 0 Å². The average Bonchev–Trinajstić information content (AvgIpc) is 2.60. The van der Waals surface area contributed by atoms with Gasteiger partial charge < -0.3 is 10.2 Å². The van der Waals surface area contributed by atoms with E-state index < -0.39 is 0 Å². The molecule has 0 aromatic heterocycles. The molecule has 1 aliphatic carbocycles. The van der Waals surface area contributed by atoms with Gasteiger partial charge >= 0.3 is 0 Å². The van der Waals surface area contributed by atoms with E-state index in [9.17, 15) is 4.79 Å². The molecule has 0 bridgehead atoms. The standard InChI is InChI=1S/C21H27N3OS/c1-13(2)23-5-7-24(8-6-23)16-9-14(3)20-18(11-16)26-19-12-17(25)10-15(4)21(19)22-20/h9-11,13,22H,5-8,12H2,1-4H3. The van der Waals surface area contributed by atoms with Gasteiger partial charge in [0.2, 0.25) is 0 Å². The number of anilines is 2. The van der Waals surface area contributed by atoms with E-state index in [1.807, 2.05) is 6.92 Å². The highest BCUT2D eigenvalue weighted by Gasteiger charge is 2.27. The lowest BCUT2D eigenvalue weighted by molar-refractivity contribution is -0.114. The van der Waals surface area contributed by atoms with Crippen LogP contribution in [0.1, 0.15) is 32.8 Å². The SMILES string of the molecule is CC1=CC(=O)CC2=C1Nc1c(C)cc(N3CCN(C(C)C)CC3)cc1S2. The Hall–Kier alpha value is -1.72. The number of carbonyl (C=O) groups is 1. The predicted octanol–water partition coefficient (Wildman–Crippen LogP) is 4.17. The van der Waals surface area contributed by atoms with E-state index in [1.165, 1.54) is 21.8 Å². The Labute approximate surface area is 160 Å². The maximum atomic E-state index is 11.9. The first-order valence-electron chi connectivity index (χ1n) is 9.45. The Morgan fingerprint density at radius 1 is 1.12 bits per heavy atom. The third-order valence-corrected chi connectivity index (χ3v) is 6.70. The van der Waals surface area contributed by atoms with Crippen LogP contribution in [-0.4, -0.2) is 42.9 Å². The second-order valence-corrected chi connectivity index (χ2v) is 8.88. The van der Waals surface area contributed by atoms with Gasteiger partial charge in [-0.05, 0) is 57.0 Å². The summed E-state index contributed by atoms with van der Waals surface area (Å²) < 4.78 is 0. The lowest BCUT2D eigenvalue weighted by Gasteiger charge is -2.39. The summed E-state index contributed by atoms with van der Waals surface area (Å²) in [4.78, 5) is 19.4. The molecular weight excluding hydrogens is 342 g/mol. The second-order valence-electron chi connectivity index (χ2n) is 7.75. The van der Waals surface area contributed by atoms with E-state index in [1.54, 1.807) is 17.8 Å². The molecule has 2 heterocycles. The van der Waals surface area contributed by atoms with E-state index in [0.717, 1.165) is 42.4 Å². The number of allylic oxidation sites excluding steroid dienone is 3. The number of nitrogens with zero attached hydrogens (tertiary/aromatic N) is 2. The molecule has 0 atom stereocenters. The zero-order chi connectivity index (χ0) is 18.4. The van der Waals surface area contributed by atoms with Crippen molar-refractivity contribution in [3.63, 3.8) is 0 Å². The quantitative estimate of drug-likeness (QED) is 0.846. The molecule has 1 aromatic carbocycles. The van der Waals surface area contributed by atoms with Crippen LogP contribution in [0.25, 0.3) is 0 Å². The molecule has 26 heavy (non-hydrogen) atoms. The van der Waals surface area contributed by atoms with Crippen LogP contribution in [0.4, 0.5) is 11.4 Å². The molecule has 1 N–H and O–H groups in total. The first kappa shape index (κ1) is 17.7. The van der Waals surface area contributed by atoms with Gasteiger partial charge in [0.05, 0.1) is 11.4 Å². The summed E-state index contributed by atoms with van der Waals surface area (Å²) in [5, 5.41) is 3.60. The number of nitrogens with one attached hydrogen (secondary N) is 1. The van der Waals surface area contributed by atoms with Crippen LogP contribution in [0.3, 0.4) is 0 Å². The van der Waals surface area contributed by atoms with Crippen molar-refractivity contribution in [2.45, 2.75) is 45.1 Å². The second kappa shape index (κ2) is 6.78. The van der Waals surface area contributed by atoms with Crippen LogP contribution in [0.2, 0.25) is 0 Å². The van der Waals surface area contributed by atoms with Gasteiger partial charge in [-0.1, -0.05) is 11.8 Å². The molecule has 1 saturated heterocycles. The van der Waals surface area contributed by atoms with Crippen LogP contribution in [0.5, 0.6) is 0 Å². The van der Waals surface area contributed by atoms with Gasteiger partial charge in [0.15, 0.2) is 5.78 Å². The van der Waals surface area contributed by atoms with Crippen molar-refractivity contribution in [2.75, 3.05) is 36.4 Å². The number of rotatable bonds is 2. The molecule has 0 saturated carbocycles. The molecular formula is C21H27N3OS. The van der Waals surface area contributed by atoms with Crippen molar-refractivity contribution in [3.8, 4) is 0 Å². The molecule has 4 rings (SSSR count). The maximum absolute atomic E-state index is 11.9. The van der Waals surface area contributed by atoms with Gasteiger partial charge in [0.1, 0.15) is 0 Å². The number of hydrogen-bond donors (Lipinski definition) is 1. The van der Waals surface area contributed by atoms with E-state index in [4.69, 9.17) is 0 Å². The van der Waals surface area contributed by atoms with Crippen LogP contribution >= 0.6 is 11.8 Å². The molecule has 4 nitrogen and oxygen atoms in total. The third-order valence-electron chi connectivity index (χ3n) is 5.56. The molecule has 3 aliphatic rings. The van der Waals surface area contributed by atoms with Crippen molar-refractivity contribution >= 4 is 28.9 Å². The third kappa shape index (κ3) is 3.19. The van der Waals surface area contributed by atoms with Gasteiger partial charge in [-0.3, -0.25) is 9.69 Å². The molecule has 138 valence electrons. The predicted molar refractivity (Wildman–Crippen MR) is 110 cm³/mol. The lowest BCUT2D eigenvalue weighted by atomic mass is 10.0. The lowest BCUT2D eigenvalue weighted by Crippen LogP contribution is -2.48. The van der Waals surface area contributed by atoms with Crippen LogP contribution in [0.15, 0.2) is 39.3 Å². The number of thioether (sulfide) groups is 1. The summed E-state index contributed by atoms with van der Waals surface area (Å²) in [6, 6.07) is 5.22. The monoisotopic (exact) mass is 369 g/mol. The molecule has 0 radical (unpaired) electrons. The van der Waals surface area contributed by atoms with Crippen molar-refractivity contribution in [3.05, 3.63) is 39.9 Å². The minimum atomic E-state index is 0.205. The van der Waals surface area contributed by atoms with Crippen LogP contribution in [0, 0.1) is 6.92 Å². The van der Waals surface area contributed by atoms with Gasteiger partial charge in [-0.2, -0.15) is 0 Å². The van der Waals surface area contributed by atoms with E-state index in [-0.39, 0.29) is 5.78 Å². The zero-order valence-electron chi connectivity index (χ0n) is 16.1. The molecule has 2 aliphatic heterocycles. The van der Waals surface area contributed by atoms with Crippen LogP contribution < -0.4 is 10.2 Å². The first-order valence-corrected chi connectivity index (χ1v) is 10.3. The van der Waals surface area contributed by atoms with Gasteiger partial charge in [-0.15, -0.1) is 0 Å². The summed E-state index contributed by atoms with van der Waals surface area (Å²) in [7, 11) is 0. The van der Waals surface area contributed by atoms with Gasteiger partial charge in [0.25, 0.3) is 0 Å². The topological polar surface area (TPSA) is 35.6 Å². The van der Waals surface area contributed by atoms with Gasteiger partial charge in [0, 0.05) is 54.1 Å². The van der Waals surface area contributed by atoms with Crippen molar-refractivity contribution in [1.82, 2.24) is 4.90 Å². The number of fused-ring (bicyclic) bond motifs is 1. The van der Waals surface area contributed by atoms with E-state index >= 15 is 0 Å². The molecule has 5 heteroatoms. The highest BCUT2D eigenvalue weighted by Crippen LogP contribution is 2.47. The first-order chi connectivity index (χ1) is 12.4. The van der Waals surface area contributed by atoms with Crippen molar-refractivity contribution in [2.24, 2.45) is 0 Å². The Morgan fingerprint density at radius 3 is 2.54 bits per heavy atom. The molecule has 0 amide bonds. The van der Waals surface area contributed by atoms with Gasteiger partial charge in [-0.25, -0.2) is 0 Å². The molecule has 1 fully saturated rings. The average molecular weight is 370 g/mol. The van der Waals surface area contributed by atoms with Crippen LogP contribution in [-0.2, 0) is 4.79 Å². The largest absolute Gasteiger partial charge is 0.369 e. The number of hydrogen-bond acceptors (Lipinski definition) is 5. The summed E-state index contributed by atoms with van der Waals surface area (Å²) in [6.45, 7) is 13.1. The summed E-state index contributed by atoms with van der Waals surface area (Å²) in [5.74, 6) is 0.205. The summed E-state index contributed by atoms with van der Waals surface area (Å²) in [5.41, 5.74) is 5.94. The van der Waals surface area contributed by atoms with Crippen molar-refractivity contribution < 1.29 is 4.79 Å². The minimum absolute atomic E-state index is 0.205. The Bertz CT molecular complexity index is 817. The zero-order valence-corrected chi connectivity index (χ0v) is 16.9. The minimum Gasteiger partial charge on any atom is -0.369 e. The van der Waals surface area contributed by atoms with E-state index in [2.05, 4.69) is 48.0 Å². The highest BCUT2D eigenvalue weighted by atomic mass is 32.2. The maximum Gasteiger partial charge on any atom is 0.161 e. The fraction of sp³-hybridized carbons (Fsp3) is 0.476. The number of carbonyl (C=O) groups excluding carboxylic acids is 1. The molecule has 1 aromatic rings. The molecule has 0 unspecified atom stereocenters. The fourth-order valence-corrected chi connectivity index (χ4v) is 5.29. The highest BCUT2D eigenvalue weighted by molar-refractivity contribution is 8.03. The number of ketones is 1. The molecule has 0 spiro atoms. The Balaban J connectivity index is 1.59. The normalized spacial score (nSPS) is 20.7. The van der Waals surface area contributed by atoms with E-state index in [0.29, 0.717) is 12.5 Å². The Morgan fingerprint density at radius 2 is 1.85 bits per heavy atom. The Kier molecular flexibility index (Phi) is 4.61. The summed E-state index contributed by atoms with van der Waals surface area (Å²) in [6.07, 6.45) is 2.27. The number of benzene rings is 1. The summed E-state index contributed by atoms with van der Waals surface area (Å²) >= 11 is 1.76. The smallest absolute Gasteiger partial charge is 0.161 e.